The molecule has 5 heteroatoms. The maximum Gasteiger partial charge on any atom is 0.223 e. The van der Waals surface area contributed by atoms with E-state index in [-0.39, 0.29) is 25.5 Å². The molecule has 1 amide bonds. The number of furan rings is 1. The molecule has 0 saturated carbocycles. The maximum absolute atomic E-state index is 11.8. The summed E-state index contributed by atoms with van der Waals surface area (Å²) in [5, 5.41) is 12.9. The van der Waals surface area contributed by atoms with Crippen LogP contribution in [-0.4, -0.2) is 24.2 Å². The summed E-state index contributed by atoms with van der Waals surface area (Å²) in [6.45, 7) is 3.95. The van der Waals surface area contributed by atoms with Crippen LogP contribution in [0.5, 0.6) is 5.75 Å². The van der Waals surface area contributed by atoms with E-state index >= 15 is 0 Å². The van der Waals surface area contributed by atoms with Crippen LogP contribution in [0.3, 0.4) is 0 Å². The smallest absolute Gasteiger partial charge is 0.223 e. The highest BCUT2D eigenvalue weighted by Crippen LogP contribution is 2.19. The van der Waals surface area contributed by atoms with Gasteiger partial charge in [0.05, 0.1) is 25.8 Å². The van der Waals surface area contributed by atoms with Crippen LogP contribution in [0.4, 0.5) is 0 Å². The number of ether oxygens (including phenoxy) is 1. The Kier molecular flexibility index (Phi) is 5.22. The number of nitrogens with one attached hydrogen (secondary N) is 1. The molecule has 0 radical (unpaired) electrons. The van der Waals surface area contributed by atoms with E-state index in [9.17, 15) is 9.90 Å². The zero-order chi connectivity index (χ0) is 16.0. The van der Waals surface area contributed by atoms with E-state index in [0.717, 1.165) is 11.3 Å². The molecule has 0 spiro atoms. The number of carbonyl (C=O) groups is 1. The number of rotatable bonds is 7. The lowest BCUT2D eigenvalue weighted by Crippen LogP contribution is -2.38. The number of carbonyl (C=O) groups excluding carboxylic acids is 1. The summed E-state index contributed by atoms with van der Waals surface area (Å²) in [5.74, 6) is 0.985. The van der Waals surface area contributed by atoms with Gasteiger partial charge in [-0.15, -0.1) is 0 Å². The van der Waals surface area contributed by atoms with Crippen molar-refractivity contribution in [1.82, 2.24) is 5.32 Å². The summed E-state index contributed by atoms with van der Waals surface area (Å²) in [6.07, 6.45) is 1.71. The van der Waals surface area contributed by atoms with E-state index < -0.39 is 5.60 Å². The monoisotopic (exact) mass is 303 g/mol. The fourth-order valence-electron chi connectivity index (χ4n) is 2.00. The molecule has 0 aliphatic rings. The third-order valence-electron chi connectivity index (χ3n) is 3.27. The van der Waals surface area contributed by atoms with Crippen molar-refractivity contribution < 1.29 is 19.1 Å². The zero-order valence-corrected chi connectivity index (χ0v) is 12.8. The predicted molar refractivity (Wildman–Crippen MR) is 82.6 cm³/mol. The maximum atomic E-state index is 11.8. The van der Waals surface area contributed by atoms with Crippen molar-refractivity contribution in [3.63, 3.8) is 0 Å². The highest BCUT2D eigenvalue weighted by molar-refractivity contribution is 5.76. The number of aryl methyl sites for hydroxylation is 1. The standard InChI is InChI=1S/C17H21NO4/c1-13-5-3-6-14(11-13)21-10-8-16(19)18-12-17(2,20)15-7-4-9-22-15/h3-7,9,11,20H,8,10,12H2,1-2H3,(H,18,19). The molecule has 0 aliphatic carbocycles. The molecular weight excluding hydrogens is 282 g/mol. The molecular formula is C17H21NO4. The lowest BCUT2D eigenvalue weighted by Gasteiger charge is -2.21. The third-order valence-corrected chi connectivity index (χ3v) is 3.27. The van der Waals surface area contributed by atoms with E-state index in [2.05, 4.69) is 5.32 Å². The second kappa shape index (κ2) is 7.13. The number of hydrogen-bond donors (Lipinski definition) is 2. The minimum absolute atomic E-state index is 0.0871. The molecule has 0 saturated heterocycles. The molecule has 1 heterocycles. The van der Waals surface area contributed by atoms with Crippen LogP contribution in [-0.2, 0) is 10.4 Å². The fourth-order valence-corrected chi connectivity index (χ4v) is 2.00. The number of amides is 1. The van der Waals surface area contributed by atoms with Crippen molar-refractivity contribution in [3.05, 3.63) is 54.0 Å². The number of hydrogen-bond acceptors (Lipinski definition) is 4. The second-order valence-corrected chi connectivity index (χ2v) is 5.44. The van der Waals surface area contributed by atoms with E-state index in [1.54, 1.807) is 19.1 Å². The van der Waals surface area contributed by atoms with Gasteiger partial charge in [0.25, 0.3) is 0 Å². The highest BCUT2D eigenvalue weighted by Gasteiger charge is 2.26. The third kappa shape index (κ3) is 4.63. The summed E-state index contributed by atoms with van der Waals surface area (Å²) in [6, 6.07) is 11.0. The Labute approximate surface area is 129 Å². The van der Waals surface area contributed by atoms with Gasteiger partial charge >= 0.3 is 0 Å². The van der Waals surface area contributed by atoms with Crippen LogP contribution in [0.15, 0.2) is 47.1 Å². The molecule has 22 heavy (non-hydrogen) atoms. The Morgan fingerprint density at radius 3 is 2.86 bits per heavy atom. The van der Waals surface area contributed by atoms with Crippen LogP contribution < -0.4 is 10.1 Å². The molecule has 0 aliphatic heterocycles. The summed E-state index contributed by atoms with van der Waals surface area (Å²) in [7, 11) is 0. The van der Waals surface area contributed by atoms with Crippen molar-refractivity contribution in [1.29, 1.82) is 0 Å². The van der Waals surface area contributed by atoms with Gasteiger partial charge in [-0.05, 0) is 43.7 Å². The molecule has 2 aromatic rings. The van der Waals surface area contributed by atoms with Gasteiger partial charge < -0.3 is 19.6 Å². The largest absolute Gasteiger partial charge is 0.493 e. The molecule has 0 bridgehead atoms. The molecule has 1 aromatic carbocycles. The SMILES string of the molecule is Cc1cccc(OCCC(=O)NCC(C)(O)c2ccco2)c1. The van der Waals surface area contributed by atoms with Gasteiger partial charge in [-0.3, -0.25) is 4.79 Å². The summed E-state index contributed by atoms with van der Waals surface area (Å²) < 4.78 is 10.7. The van der Waals surface area contributed by atoms with Crippen molar-refractivity contribution >= 4 is 5.91 Å². The predicted octanol–water partition coefficient (Wildman–Crippen LogP) is 2.38. The Hall–Kier alpha value is -2.27. The average molecular weight is 303 g/mol. The van der Waals surface area contributed by atoms with Crippen LogP contribution in [0.2, 0.25) is 0 Å². The van der Waals surface area contributed by atoms with E-state index in [0.29, 0.717) is 5.76 Å². The van der Waals surface area contributed by atoms with Gasteiger partial charge in [0.2, 0.25) is 5.91 Å². The molecule has 2 N–H and O–H groups in total. The van der Waals surface area contributed by atoms with Crippen LogP contribution >= 0.6 is 0 Å². The molecule has 2 rings (SSSR count). The Balaban J connectivity index is 1.72. The molecule has 0 fully saturated rings. The van der Waals surface area contributed by atoms with Gasteiger partial charge in [-0.1, -0.05) is 12.1 Å². The van der Waals surface area contributed by atoms with Gasteiger partial charge in [-0.2, -0.15) is 0 Å². The van der Waals surface area contributed by atoms with E-state index in [4.69, 9.17) is 9.15 Å². The topological polar surface area (TPSA) is 71.7 Å². The summed E-state index contributed by atoms with van der Waals surface area (Å²) in [5.41, 5.74) is -0.118. The fraction of sp³-hybridized carbons (Fsp3) is 0.353. The van der Waals surface area contributed by atoms with Crippen LogP contribution in [0.1, 0.15) is 24.7 Å². The number of benzene rings is 1. The lowest BCUT2D eigenvalue weighted by molar-refractivity contribution is -0.122. The molecule has 5 nitrogen and oxygen atoms in total. The second-order valence-electron chi connectivity index (χ2n) is 5.44. The van der Waals surface area contributed by atoms with Gasteiger partial charge in [0.15, 0.2) is 0 Å². The average Bonchev–Trinajstić information content (AvgIpc) is 3.00. The van der Waals surface area contributed by atoms with Crippen molar-refractivity contribution in [2.75, 3.05) is 13.2 Å². The van der Waals surface area contributed by atoms with Crippen molar-refractivity contribution in [2.24, 2.45) is 0 Å². The quantitative estimate of drug-likeness (QED) is 0.824. The van der Waals surface area contributed by atoms with Gasteiger partial charge in [0, 0.05) is 0 Å². The lowest BCUT2D eigenvalue weighted by atomic mass is 10.0. The van der Waals surface area contributed by atoms with Crippen molar-refractivity contribution in [3.8, 4) is 5.75 Å². The Morgan fingerprint density at radius 1 is 1.36 bits per heavy atom. The van der Waals surface area contributed by atoms with E-state index in [1.807, 2.05) is 31.2 Å². The first-order valence-corrected chi connectivity index (χ1v) is 7.20. The van der Waals surface area contributed by atoms with Gasteiger partial charge in [0.1, 0.15) is 17.1 Å². The first-order chi connectivity index (χ1) is 10.5. The minimum atomic E-state index is -1.23. The van der Waals surface area contributed by atoms with E-state index in [1.165, 1.54) is 6.26 Å². The first kappa shape index (κ1) is 16.1. The first-order valence-electron chi connectivity index (χ1n) is 7.20. The number of aliphatic hydroxyl groups is 1. The van der Waals surface area contributed by atoms with Crippen LogP contribution in [0, 0.1) is 6.92 Å². The molecule has 1 aromatic heterocycles. The molecule has 118 valence electrons. The molecule has 1 unspecified atom stereocenters. The Morgan fingerprint density at radius 2 is 2.18 bits per heavy atom. The summed E-state index contributed by atoms with van der Waals surface area (Å²) in [4.78, 5) is 11.8. The molecule has 1 atom stereocenters. The Bertz CT molecular complexity index is 605. The normalized spacial score (nSPS) is 13.4. The highest BCUT2D eigenvalue weighted by atomic mass is 16.5. The van der Waals surface area contributed by atoms with Gasteiger partial charge in [-0.25, -0.2) is 0 Å². The van der Waals surface area contributed by atoms with Crippen LogP contribution in [0.25, 0.3) is 0 Å². The zero-order valence-electron chi connectivity index (χ0n) is 12.8. The van der Waals surface area contributed by atoms with Crippen molar-refractivity contribution in [2.45, 2.75) is 25.9 Å². The minimum Gasteiger partial charge on any atom is -0.493 e. The summed E-state index contributed by atoms with van der Waals surface area (Å²) >= 11 is 0.